The molecule has 0 aromatic heterocycles. The van der Waals surface area contributed by atoms with Gasteiger partial charge in [-0.2, -0.15) is 8.78 Å². The molecule has 0 aliphatic rings. The fourth-order valence-corrected chi connectivity index (χ4v) is 1.36. The van der Waals surface area contributed by atoms with Gasteiger partial charge in [0.15, 0.2) is 11.3 Å². The summed E-state index contributed by atoms with van der Waals surface area (Å²) in [5.41, 5.74) is 3.61. The average molecular weight is 276 g/mol. The Bertz CT molecular complexity index is 507. The molecule has 0 amide bonds. The Morgan fingerprint density at radius 3 is 2.63 bits per heavy atom. The fraction of sp³-hybridized carbons (Fsp3) is 0.300. The molecule has 9 heteroatoms. The van der Waals surface area contributed by atoms with Crippen LogP contribution in [0.5, 0.6) is 5.75 Å². The molecule has 0 radical (unpaired) electrons. The van der Waals surface area contributed by atoms with Crippen molar-refractivity contribution in [1.29, 1.82) is 0 Å². The topological polar surface area (TPSA) is 105 Å². The average Bonchev–Trinajstić information content (AvgIpc) is 2.30. The van der Waals surface area contributed by atoms with Gasteiger partial charge in [-0.1, -0.05) is 0 Å². The van der Waals surface area contributed by atoms with Crippen LogP contribution in [0.25, 0.3) is 0 Å². The van der Waals surface area contributed by atoms with E-state index in [-0.39, 0.29) is 12.3 Å². The van der Waals surface area contributed by atoms with Crippen LogP contribution in [0.1, 0.15) is 17.3 Å². The van der Waals surface area contributed by atoms with E-state index < -0.39 is 34.5 Å². The number of hydrogen-bond donors (Lipinski definition) is 1. The van der Waals surface area contributed by atoms with Crippen molar-refractivity contribution in [1.82, 2.24) is 0 Å². The molecule has 0 aliphatic heterocycles. The van der Waals surface area contributed by atoms with Crippen LogP contribution in [0.15, 0.2) is 12.1 Å². The SMILES string of the molecule is CCOC(=O)c1c([N+](=O)[O-])ccc(N)c1OC(F)F. The zero-order chi connectivity index (χ0) is 14.6. The molecule has 1 aromatic rings. The summed E-state index contributed by atoms with van der Waals surface area (Å²) in [5.74, 6) is -1.92. The number of alkyl halides is 2. The molecule has 0 unspecified atom stereocenters. The largest absolute Gasteiger partial charge is 0.462 e. The Hall–Kier alpha value is -2.45. The number of esters is 1. The van der Waals surface area contributed by atoms with Crippen molar-refractivity contribution in [3.63, 3.8) is 0 Å². The lowest BCUT2D eigenvalue weighted by molar-refractivity contribution is -0.385. The molecular weight excluding hydrogens is 266 g/mol. The number of nitro benzene ring substituents is 1. The van der Waals surface area contributed by atoms with Crippen LogP contribution in [-0.4, -0.2) is 24.1 Å². The minimum Gasteiger partial charge on any atom is -0.462 e. The Balaban J connectivity index is 3.44. The van der Waals surface area contributed by atoms with Gasteiger partial charge >= 0.3 is 12.6 Å². The van der Waals surface area contributed by atoms with Crippen molar-refractivity contribution in [3.8, 4) is 5.75 Å². The highest BCUT2D eigenvalue weighted by Crippen LogP contribution is 2.35. The normalized spacial score (nSPS) is 10.3. The highest BCUT2D eigenvalue weighted by molar-refractivity contribution is 5.99. The van der Waals surface area contributed by atoms with Crippen LogP contribution in [0.2, 0.25) is 0 Å². The number of nitrogen functional groups attached to an aromatic ring is 1. The Morgan fingerprint density at radius 2 is 2.16 bits per heavy atom. The molecule has 19 heavy (non-hydrogen) atoms. The summed E-state index contributed by atoms with van der Waals surface area (Å²) in [5, 5.41) is 10.8. The molecule has 0 saturated carbocycles. The first kappa shape index (κ1) is 14.6. The monoisotopic (exact) mass is 276 g/mol. The highest BCUT2D eigenvalue weighted by atomic mass is 19.3. The van der Waals surface area contributed by atoms with Gasteiger partial charge in [0, 0.05) is 6.07 Å². The first-order valence-corrected chi connectivity index (χ1v) is 5.07. The Morgan fingerprint density at radius 1 is 1.53 bits per heavy atom. The number of carbonyl (C=O) groups is 1. The van der Waals surface area contributed by atoms with E-state index in [1.54, 1.807) is 0 Å². The zero-order valence-corrected chi connectivity index (χ0v) is 9.76. The first-order valence-electron chi connectivity index (χ1n) is 5.07. The lowest BCUT2D eigenvalue weighted by Crippen LogP contribution is -2.14. The van der Waals surface area contributed by atoms with Crippen LogP contribution < -0.4 is 10.5 Å². The molecule has 7 nitrogen and oxygen atoms in total. The number of hydrogen-bond acceptors (Lipinski definition) is 6. The molecule has 0 bridgehead atoms. The molecule has 2 N–H and O–H groups in total. The molecule has 1 rings (SSSR count). The van der Waals surface area contributed by atoms with Gasteiger partial charge < -0.3 is 15.2 Å². The number of ether oxygens (including phenoxy) is 2. The third kappa shape index (κ3) is 3.27. The van der Waals surface area contributed by atoms with Crippen molar-refractivity contribution in [2.24, 2.45) is 0 Å². The van der Waals surface area contributed by atoms with E-state index in [1.807, 2.05) is 0 Å². The number of nitrogens with zero attached hydrogens (tertiary/aromatic N) is 1. The number of benzene rings is 1. The predicted octanol–water partition coefficient (Wildman–Crippen LogP) is 1.96. The summed E-state index contributed by atoms with van der Waals surface area (Å²) in [4.78, 5) is 21.5. The van der Waals surface area contributed by atoms with E-state index >= 15 is 0 Å². The standard InChI is InChI=1S/C10H10F2N2O5/c1-2-18-9(15)7-6(14(16)17)4-3-5(13)8(7)19-10(11)12/h3-4,10H,2,13H2,1H3. The highest BCUT2D eigenvalue weighted by Gasteiger charge is 2.29. The van der Waals surface area contributed by atoms with Crippen LogP contribution in [0.3, 0.4) is 0 Å². The predicted molar refractivity (Wildman–Crippen MR) is 60.1 cm³/mol. The van der Waals surface area contributed by atoms with Gasteiger partial charge in [0.1, 0.15) is 0 Å². The molecular formula is C10H10F2N2O5. The number of nitrogens with two attached hydrogens (primary N) is 1. The molecule has 0 spiro atoms. The second kappa shape index (κ2) is 5.94. The molecule has 0 atom stereocenters. The van der Waals surface area contributed by atoms with E-state index in [0.717, 1.165) is 12.1 Å². The van der Waals surface area contributed by atoms with Crippen LogP contribution >= 0.6 is 0 Å². The molecule has 0 fully saturated rings. The number of rotatable bonds is 5. The maximum Gasteiger partial charge on any atom is 0.387 e. The molecule has 0 saturated heterocycles. The Labute approximate surface area is 106 Å². The van der Waals surface area contributed by atoms with Gasteiger partial charge in [-0.15, -0.1) is 0 Å². The van der Waals surface area contributed by atoms with Gasteiger partial charge in [-0.25, -0.2) is 4.79 Å². The number of carbonyl (C=O) groups excluding carboxylic acids is 1. The molecule has 0 aliphatic carbocycles. The smallest absolute Gasteiger partial charge is 0.387 e. The van der Waals surface area contributed by atoms with E-state index in [4.69, 9.17) is 5.73 Å². The van der Waals surface area contributed by atoms with Crippen molar-refractivity contribution < 1.29 is 28.0 Å². The maximum absolute atomic E-state index is 12.3. The van der Waals surface area contributed by atoms with E-state index in [9.17, 15) is 23.7 Å². The molecule has 0 heterocycles. The van der Waals surface area contributed by atoms with Gasteiger partial charge in [0.25, 0.3) is 5.69 Å². The number of nitro groups is 1. The second-order valence-corrected chi connectivity index (χ2v) is 3.23. The summed E-state index contributed by atoms with van der Waals surface area (Å²) in [7, 11) is 0. The van der Waals surface area contributed by atoms with Gasteiger partial charge in [0.05, 0.1) is 17.2 Å². The van der Waals surface area contributed by atoms with E-state index in [2.05, 4.69) is 9.47 Å². The summed E-state index contributed by atoms with van der Waals surface area (Å²) >= 11 is 0. The van der Waals surface area contributed by atoms with Crippen LogP contribution in [0, 0.1) is 10.1 Å². The number of anilines is 1. The van der Waals surface area contributed by atoms with Gasteiger partial charge in [0.2, 0.25) is 0 Å². The third-order valence-corrected chi connectivity index (χ3v) is 2.05. The lowest BCUT2D eigenvalue weighted by Gasteiger charge is -2.12. The van der Waals surface area contributed by atoms with Crippen molar-refractivity contribution in [2.75, 3.05) is 12.3 Å². The van der Waals surface area contributed by atoms with Crippen molar-refractivity contribution >= 4 is 17.3 Å². The first-order chi connectivity index (χ1) is 8.88. The summed E-state index contributed by atoms with van der Waals surface area (Å²) in [6.07, 6.45) is 0. The number of halogens is 2. The minimum absolute atomic E-state index is 0.0844. The molecule has 1 aromatic carbocycles. The van der Waals surface area contributed by atoms with Gasteiger partial charge in [-0.3, -0.25) is 10.1 Å². The van der Waals surface area contributed by atoms with E-state index in [1.165, 1.54) is 6.92 Å². The van der Waals surface area contributed by atoms with Crippen LogP contribution in [0.4, 0.5) is 20.2 Å². The van der Waals surface area contributed by atoms with Gasteiger partial charge in [-0.05, 0) is 13.0 Å². The lowest BCUT2D eigenvalue weighted by atomic mass is 10.1. The summed E-state index contributed by atoms with van der Waals surface area (Å²) < 4.78 is 33.2. The minimum atomic E-state index is -3.28. The second-order valence-electron chi connectivity index (χ2n) is 3.23. The quantitative estimate of drug-likeness (QED) is 0.381. The maximum atomic E-state index is 12.3. The summed E-state index contributed by atoms with van der Waals surface area (Å²) in [6, 6.07) is 1.92. The Kier molecular flexibility index (Phi) is 4.56. The summed E-state index contributed by atoms with van der Waals surface area (Å²) in [6.45, 7) is -1.90. The third-order valence-electron chi connectivity index (χ3n) is 2.05. The van der Waals surface area contributed by atoms with Crippen molar-refractivity contribution in [3.05, 3.63) is 27.8 Å². The zero-order valence-electron chi connectivity index (χ0n) is 9.76. The van der Waals surface area contributed by atoms with E-state index in [0.29, 0.717) is 0 Å². The van der Waals surface area contributed by atoms with Crippen molar-refractivity contribution in [2.45, 2.75) is 13.5 Å². The van der Waals surface area contributed by atoms with Crippen LogP contribution in [-0.2, 0) is 4.74 Å². The fourth-order valence-electron chi connectivity index (χ4n) is 1.36. The molecule has 104 valence electrons.